The molecular formula is C27H35N3O3. The number of nitrogens with zero attached hydrogens (tertiary/aromatic N) is 3. The molecule has 1 fully saturated rings. The van der Waals surface area contributed by atoms with Gasteiger partial charge in [0.25, 0.3) is 5.91 Å². The molecule has 0 saturated carbocycles. The molecule has 0 spiro atoms. The molecule has 2 unspecified atom stereocenters. The third kappa shape index (κ3) is 5.24. The minimum atomic E-state index is -0.549. The summed E-state index contributed by atoms with van der Waals surface area (Å²) in [5.74, 6) is 0.879. The van der Waals surface area contributed by atoms with Gasteiger partial charge in [-0.2, -0.15) is 0 Å². The summed E-state index contributed by atoms with van der Waals surface area (Å²) in [6.07, 6.45) is 3.72. The van der Waals surface area contributed by atoms with Crippen LogP contribution in [0.5, 0.6) is 5.75 Å². The summed E-state index contributed by atoms with van der Waals surface area (Å²) in [6, 6.07) is 14.4. The normalized spacial score (nSPS) is 22.5. The van der Waals surface area contributed by atoms with Crippen molar-refractivity contribution in [3.63, 3.8) is 0 Å². The highest BCUT2D eigenvalue weighted by Crippen LogP contribution is 2.26. The zero-order valence-electron chi connectivity index (χ0n) is 19.6. The minimum Gasteiger partial charge on any atom is -0.489 e. The van der Waals surface area contributed by atoms with E-state index >= 15 is 0 Å². The molecule has 3 aliphatic heterocycles. The predicted molar refractivity (Wildman–Crippen MR) is 129 cm³/mol. The maximum absolute atomic E-state index is 13.1. The second-order valence-electron chi connectivity index (χ2n) is 9.87. The maximum atomic E-state index is 13.1. The van der Waals surface area contributed by atoms with Crippen LogP contribution in [0.2, 0.25) is 0 Å². The van der Waals surface area contributed by atoms with Gasteiger partial charge in [-0.25, -0.2) is 0 Å². The smallest absolute Gasteiger partial charge is 0.254 e. The molecule has 0 aliphatic carbocycles. The van der Waals surface area contributed by atoms with Gasteiger partial charge in [0.05, 0.1) is 6.10 Å². The molecule has 2 aromatic rings. The number of carbonyl (C=O) groups is 1. The third-order valence-corrected chi connectivity index (χ3v) is 7.24. The molecule has 0 aromatic heterocycles. The standard InChI is InChI=1S/C27H35N3O3/c1-28-12-4-7-25(19-28)33-24-8-9-26-21(15-24)11-14-30(27(26)32)18-23(31)17-29-13-10-20-5-2-3-6-22(20)16-29/h2-3,5-6,8-9,15,23,25,31H,4,7,10-14,16-19H2,1H3. The van der Waals surface area contributed by atoms with Gasteiger partial charge in [0.15, 0.2) is 0 Å². The Hall–Kier alpha value is -2.41. The second kappa shape index (κ2) is 9.84. The van der Waals surface area contributed by atoms with Crippen LogP contribution >= 0.6 is 0 Å². The summed E-state index contributed by atoms with van der Waals surface area (Å²) in [5.41, 5.74) is 4.55. The van der Waals surface area contributed by atoms with Gasteiger partial charge in [-0.15, -0.1) is 0 Å². The fourth-order valence-corrected chi connectivity index (χ4v) is 5.49. The topological polar surface area (TPSA) is 56.2 Å². The molecule has 0 radical (unpaired) electrons. The molecule has 0 bridgehead atoms. The molecule has 3 heterocycles. The van der Waals surface area contributed by atoms with Crippen molar-refractivity contribution in [1.29, 1.82) is 0 Å². The van der Waals surface area contributed by atoms with E-state index in [9.17, 15) is 9.90 Å². The number of ether oxygens (including phenoxy) is 1. The number of benzene rings is 2. The van der Waals surface area contributed by atoms with Crippen molar-refractivity contribution in [2.45, 2.75) is 44.4 Å². The van der Waals surface area contributed by atoms with Gasteiger partial charge in [0.2, 0.25) is 0 Å². The van der Waals surface area contributed by atoms with E-state index < -0.39 is 6.10 Å². The van der Waals surface area contributed by atoms with Gasteiger partial charge in [-0.1, -0.05) is 24.3 Å². The molecule has 6 heteroatoms. The fraction of sp³-hybridized carbons (Fsp3) is 0.519. The number of rotatable bonds is 6. The molecule has 3 aliphatic rings. The summed E-state index contributed by atoms with van der Waals surface area (Å²) in [6.45, 7) is 5.50. The van der Waals surface area contributed by atoms with E-state index in [4.69, 9.17) is 4.74 Å². The monoisotopic (exact) mass is 449 g/mol. The van der Waals surface area contributed by atoms with E-state index in [0.717, 1.165) is 68.7 Å². The Morgan fingerprint density at radius 2 is 1.85 bits per heavy atom. The molecule has 176 valence electrons. The quantitative estimate of drug-likeness (QED) is 0.735. The summed E-state index contributed by atoms with van der Waals surface area (Å²) >= 11 is 0. The third-order valence-electron chi connectivity index (χ3n) is 7.24. The first-order chi connectivity index (χ1) is 16.0. The summed E-state index contributed by atoms with van der Waals surface area (Å²) < 4.78 is 6.22. The van der Waals surface area contributed by atoms with Crippen molar-refractivity contribution in [2.24, 2.45) is 0 Å². The Labute approximate surface area is 196 Å². The summed E-state index contributed by atoms with van der Waals surface area (Å²) in [4.78, 5) is 19.5. The molecule has 33 heavy (non-hydrogen) atoms. The van der Waals surface area contributed by atoms with Crippen molar-refractivity contribution < 1.29 is 14.6 Å². The van der Waals surface area contributed by atoms with E-state index in [1.807, 2.05) is 23.1 Å². The molecule has 2 aromatic carbocycles. The van der Waals surface area contributed by atoms with E-state index in [1.54, 1.807) is 0 Å². The lowest BCUT2D eigenvalue weighted by Gasteiger charge is -2.34. The lowest BCUT2D eigenvalue weighted by Crippen LogP contribution is -2.46. The zero-order valence-corrected chi connectivity index (χ0v) is 19.6. The number of aliphatic hydroxyl groups is 1. The van der Waals surface area contributed by atoms with Crippen LogP contribution in [0, 0.1) is 0 Å². The lowest BCUT2D eigenvalue weighted by atomic mass is 9.98. The zero-order chi connectivity index (χ0) is 22.8. The highest BCUT2D eigenvalue weighted by molar-refractivity contribution is 5.97. The number of carbonyl (C=O) groups excluding carboxylic acids is 1. The number of fused-ring (bicyclic) bond motifs is 2. The molecule has 2 atom stereocenters. The number of aliphatic hydroxyl groups excluding tert-OH is 1. The summed E-state index contributed by atoms with van der Waals surface area (Å²) in [5, 5.41) is 10.8. The highest BCUT2D eigenvalue weighted by Gasteiger charge is 2.28. The van der Waals surface area contributed by atoms with Crippen molar-refractivity contribution >= 4 is 5.91 Å². The Bertz CT molecular complexity index is 994. The largest absolute Gasteiger partial charge is 0.489 e. The van der Waals surface area contributed by atoms with E-state index in [1.165, 1.54) is 11.1 Å². The fourth-order valence-electron chi connectivity index (χ4n) is 5.49. The number of hydrogen-bond acceptors (Lipinski definition) is 5. The SMILES string of the molecule is CN1CCCC(Oc2ccc3c(c2)CCN(CC(O)CN2CCc4ccccc4C2)C3=O)C1. The minimum absolute atomic E-state index is 0.0169. The first-order valence-corrected chi connectivity index (χ1v) is 12.3. The average Bonchev–Trinajstić information content (AvgIpc) is 2.81. The van der Waals surface area contributed by atoms with Crippen LogP contribution in [0.1, 0.15) is 39.9 Å². The van der Waals surface area contributed by atoms with Crippen LogP contribution in [0.4, 0.5) is 0 Å². The van der Waals surface area contributed by atoms with Gasteiger partial charge >= 0.3 is 0 Å². The Morgan fingerprint density at radius 1 is 1.03 bits per heavy atom. The number of likely N-dealkylation sites (N-methyl/N-ethyl adjacent to an activating group) is 1. The Kier molecular flexibility index (Phi) is 6.67. The highest BCUT2D eigenvalue weighted by atomic mass is 16.5. The van der Waals surface area contributed by atoms with Gasteiger partial charge in [0, 0.05) is 44.8 Å². The van der Waals surface area contributed by atoms with Gasteiger partial charge in [-0.05, 0) is 74.2 Å². The molecule has 5 rings (SSSR count). The van der Waals surface area contributed by atoms with Crippen LogP contribution < -0.4 is 4.74 Å². The van der Waals surface area contributed by atoms with Crippen LogP contribution in [0.3, 0.4) is 0 Å². The number of amides is 1. The lowest BCUT2D eigenvalue weighted by molar-refractivity contribution is 0.0492. The molecular weight excluding hydrogens is 414 g/mol. The second-order valence-corrected chi connectivity index (χ2v) is 9.87. The first-order valence-electron chi connectivity index (χ1n) is 12.3. The van der Waals surface area contributed by atoms with Gasteiger partial charge < -0.3 is 19.6 Å². The van der Waals surface area contributed by atoms with Gasteiger partial charge in [-0.3, -0.25) is 9.69 Å². The van der Waals surface area contributed by atoms with Crippen LogP contribution in [-0.4, -0.2) is 84.2 Å². The number of β-amino-alcohol motifs (C(OH)–C–C–N with tert-alkyl or cyclic N) is 1. The van der Waals surface area contributed by atoms with Crippen molar-refractivity contribution in [2.75, 3.05) is 46.3 Å². The number of hydrogen-bond donors (Lipinski definition) is 1. The van der Waals surface area contributed by atoms with Crippen LogP contribution in [0.25, 0.3) is 0 Å². The Morgan fingerprint density at radius 3 is 2.70 bits per heavy atom. The van der Waals surface area contributed by atoms with E-state index in [2.05, 4.69) is 41.1 Å². The van der Waals surface area contributed by atoms with Crippen LogP contribution in [0.15, 0.2) is 42.5 Å². The van der Waals surface area contributed by atoms with Crippen LogP contribution in [-0.2, 0) is 19.4 Å². The number of likely N-dealkylation sites (tertiary alicyclic amines) is 1. The molecule has 6 nitrogen and oxygen atoms in total. The molecule has 1 amide bonds. The average molecular weight is 450 g/mol. The van der Waals surface area contributed by atoms with Crippen molar-refractivity contribution in [3.05, 3.63) is 64.7 Å². The first kappa shape index (κ1) is 22.4. The van der Waals surface area contributed by atoms with Crippen molar-refractivity contribution in [1.82, 2.24) is 14.7 Å². The molecule has 1 N–H and O–H groups in total. The van der Waals surface area contributed by atoms with E-state index in [-0.39, 0.29) is 12.0 Å². The molecule has 1 saturated heterocycles. The maximum Gasteiger partial charge on any atom is 0.254 e. The number of piperidine rings is 1. The van der Waals surface area contributed by atoms with E-state index in [0.29, 0.717) is 19.6 Å². The predicted octanol–water partition coefficient (Wildman–Crippen LogP) is 2.58. The Balaban J connectivity index is 1.16. The summed E-state index contributed by atoms with van der Waals surface area (Å²) in [7, 11) is 2.13. The van der Waals surface area contributed by atoms with Gasteiger partial charge in [0.1, 0.15) is 11.9 Å². The van der Waals surface area contributed by atoms with Crippen molar-refractivity contribution in [3.8, 4) is 5.75 Å².